The number of ether oxygens (including phenoxy) is 1. The SMILES string of the molecule is Cc1cc(F)ccc1OCC(C)CNC(C)(C)C. The quantitative estimate of drug-likeness (QED) is 0.866. The van der Waals surface area contributed by atoms with Crippen LogP contribution >= 0.6 is 0 Å². The summed E-state index contributed by atoms with van der Waals surface area (Å²) in [6, 6.07) is 4.61. The maximum absolute atomic E-state index is 12.9. The van der Waals surface area contributed by atoms with Gasteiger partial charge in [0.1, 0.15) is 11.6 Å². The Morgan fingerprint density at radius 3 is 2.56 bits per heavy atom. The summed E-state index contributed by atoms with van der Waals surface area (Å²) in [7, 11) is 0. The fourth-order valence-corrected chi connectivity index (χ4v) is 1.55. The van der Waals surface area contributed by atoms with Gasteiger partial charge >= 0.3 is 0 Å². The van der Waals surface area contributed by atoms with E-state index < -0.39 is 0 Å². The molecule has 0 aliphatic carbocycles. The van der Waals surface area contributed by atoms with Gasteiger partial charge in [0, 0.05) is 18.0 Å². The van der Waals surface area contributed by atoms with Crippen LogP contribution in [0.3, 0.4) is 0 Å². The first kappa shape index (κ1) is 15.0. The zero-order valence-corrected chi connectivity index (χ0v) is 12.0. The number of benzene rings is 1. The number of hydrogen-bond acceptors (Lipinski definition) is 2. The molecule has 0 heterocycles. The molecule has 0 aliphatic rings. The van der Waals surface area contributed by atoms with Crippen LogP contribution in [0.15, 0.2) is 18.2 Å². The molecular weight excluding hydrogens is 229 g/mol. The molecule has 1 aromatic rings. The van der Waals surface area contributed by atoms with Gasteiger partial charge in [0.05, 0.1) is 6.61 Å². The van der Waals surface area contributed by atoms with Crippen molar-refractivity contribution in [2.24, 2.45) is 5.92 Å². The molecule has 0 saturated heterocycles. The Morgan fingerprint density at radius 1 is 1.33 bits per heavy atom. The van der Waals surface area contributed by atoms with Crippen LogP contribution in [0.5, 0.6) is 5.75 Å². The number of hydrogen-bond donors (Lipinski definition) is 1. The van der Waals surface area contributed by atoms with E-state index in [4.69, 9.17) is 4.74 Å². The first-order valence-electron chi connectivity index (χ1n) is 6.42. The average Bonchev–Trinajstić information content (AvgIpc) is 2.24. The predicted molar refractivity (Wildman–Crippen MR) is 73.6 cm³/mol. The van der Waals surface area contributed by atoms with Crippen LogP contribution in [-0.2, 0) is 0 Å². The third kappa shape index (κ3) is 5.50. The second kappa shape index (κ2) is 6.19. The zero-order valence-electron chi connectivity index (χ0n) is 12.0. The Hall–Kier alpha value is -1.09. The Bertz CT molecular complexity index is 385. The van der Waals surface area contributed by atoms with Crippen molar-refractivity contribution in [2.75, 3.05) is 13.2 Å². The van der Waals surface area contributed by atoms with E-state index in [1.54, 1.807) is 6.07 Å². The lowest BCUT2D eigenvalue weighted by atomic mass is 10.1. The average molecular weight is 253 g/mol. The summed E-state index contributed by atoms with van der Waals surface area (Å²) in [5, 5.41) is 3.44. The van der Waals surface area contributed by atoms with Crippen LogP contribution in [0.25, 0.3) is 0 Å². The molecule has 1 rings (SSSR count). The van der Waals surface area contributed by atoms with Crippen molar-refractivity contribution in [3.05, 3.63) is 29.6 Å². The summed E-state index contributed by atoms with van der Waals surface area (Å²) in [5.41, 5.74) is 0.964. The smallest absolute Gasteiger partial charge is 0.123 e. The van der Waals surface area contributed by atoms with Gasteiger partial charge in [0.2, 0.25) is 0 Å². The second-order valence-electron chi connectivity index (χ2n) is 5.96. The maximum atomic E-state index is 12.9. The molecule has 0 fully saturated rings. The lowest BCUT2D eigenvalue weighted by Gasteiger charge is -2.23. The minimum Gasteiger partial charge on any atom is -0.493 e. The van der Waals surface area contributed by atoms with Crippen molar-refractivity contribution in [1.29, 1.82) is 0 Å². The Kier molecular flexibility index (Phi) is 5.15. The van der Waals surface area contributed by atoms with E-state index in [9.17, 15) is 4.39 Å². The van der Waals surface area contributed by atoms with Gasteiger partial charge in [-0.1, -0.05) is 6.92 Å². The van der Waals surface area contributed by atoms with Gasteiger partial charge in [-0.2, -0.15) is 0 Å². The molecule has 1 N–H and O–H groups in total. The van der Waals surface area contributed by atoms with Crippen LogP contribution in [0, 0.1) is 18.7 Å². The highest BCUT2D eigenvalue weighted by molar-refractivity contribution is 5.32. The third-order valence-corrected chi connectivity index (χ3v) is 2.64. The van der Waals surface area contributed by atoms with Crippen molar-refractivity contribution >= 4 is 0 Å². The fourth-order valence-electron chi connectivity index (χ4n) is 1.55. The normalized spacial score (nSPS) is 13.4. The molecular formula is C15H24FNO. The van der Waals surface area contributed by atoms with Gasteiger partial charge in [-0.15, -0.1) is 0 Å². The van der Waals surface area contributed by atoms with Crippen LogP contribution < -0.4 is 10.1 Å². The van der Waals surface area contributed by atoms with E-state index in [0.717, 1.165) is 17.9 Å². The first-order chi connectivity index (χ1) is 8.28. The molecule has 1 aromatic carbocycles. The number of rotatable bonds is 5. The van der Waals surface area contributed by atoms with Crippen molar-refractivity contribution in [2.45, 2.75) is 40.2 Å². The van der Waals surface area contributed by atoms with E-state index in [-0.39, 0.29) is 11.4 Å². The zero-order chi connectivity index (χ0) is 13.8. The first-order valence-corrected chi connectivity index (χ1v) is 6.42. The molecule has 2 nitrogen and oxygen atoms in total. The summed E-state index contributed by atoms with van der Waals surface area (Å²) in [6.07, 6.45) is 0. The molecule has 0 spiro atoms. The monoisotopic (exact) mass is 253 g/mol. The van der Waals surface area contributed by atoms with Crippen LogP contribution in [0.4, 0.5) is 4.39 Å². The summed E-state index contributed by atoms with van der Waals surface area (Å²) in [6.45, 7) is 12.0. The predicted octanol–water partition coefficient (Wildman–Crippen LogP) is 3.54. The van der Waals surface area contributed by atoms with Gasteiger partial charge in [-0.05, 0) is 51.5 Å². The molecule has 1 unspecified atom stereocenters. The summed E-state index contributed by atoms with van der Waals surface area (Å²) < 4.78 is 18.6. The summed E-state index contributed by atoms with van der Waals surface area (Å²) in [4.78, 5) is 0. The molecule has 0 bridgehead atoms. The summed E-state index contributed by atoms with van der Waals surface area (Å²) >= 11 is 0. The topological polar surface area (TPSA) is 21.3 Å². The molecule has 0 radical (unpaired) electrons. The Labute approximate surface area is 110 Å². The molecule has 102 valence electrons. The Balaban J connectivity index is 2.40. The molecule has 0 aliphatic heterocycles. The largest absolute Gasteiger partial charge is 0.493 e. The van der Waals surface area contributed by atoms with Crippen LogP contribution in [0.1, 0.15) is 33.3 Å². The lowest BCUT2D eigenvalue weighted by molar-refractivity contribution is 0.242. The van der Waals surface area contributed by atoms with Gasteiger partial charge in [0.15, 0.2) is 0 Å². The summed E-state index contributed by atoms with van der Waals surface area (Å²) in [5.74, 6) is 0.954. The number of aryl methyl sites for hydroxylation is 1. The van der Waals surface area contributed by atoms with E-state index in [1.165, 1.54) is 12.1 Å². The third-order valence-electron chi connectivity index (χ3n) is 2.64. The minimum absolute atomic E-state index is 0.125. The van der Waals surface area contributed by atoms with E-state index >= 15 is 0 Å². The minimum atomic E-state index is -0.220. The highest BCUT2D eigenvalue weighted by Crippen LogP contribution is 2.19. The molecule has 1 atom stereocenters. The van der Waals surface area contributed by atoms with Crippen molar-refractivity contribution in [3.8, 4) is 5.75 Å². The van der Waals surface area contributed by atoms with Gasteiger partial charge in [-0.3, -0.25) is 0 Å². The number of halogens is 1. The van der Waals surface area contributed by atoms with E-state index in [2.05, 4.69) is 33.0 Å². The number of nitrogens with one attached hydrogen (secondary N) is 1. The van der Waals surface area contributed by atoms with Crippen molar-refractivity contribution in [1.82, 2.24) is 5.32 Å². The highest BCUT2D eigenvalue weighted by Gasteiger charge is 2.12. The van der Waals surface area contributed by atoms with Crippen molar-refractivity contribution < 1.29 is 9.13 Å². The van der Waals surface area contributed by atoms with Crippen LogP contribution in [-0.4, -0.2) is 18.7 Å². The van der Waals surface area contributed by atoms with Crippen LogP contribution in [0.2, 0.25) is 0 Å². The van der Waals surface area contributed by atoms with E-state index in [0.29, 0.717) is 12.5 Å². The second-order valence-corrected chi connectivity index (χ2v) is 5.96. The fraction of sp³-hybridized carbons (Fsp3) is 0.600. The standard InChI is InChI=1S/C15H24FNO/c1-11(9-17-15(3,4)5)10-18-14-7-6-13(16)8-12(14)2/h6-8,11,17H,9-10H2,1-5H3. The highest BCUT2D eigenvalue weighted by atomic mass is 19.1. The van der Waals surface area contributed by atoms with Gasteiger partial charge < -0.3 is 10.1 Å². The molecule has 0 amide bonds. The maximum Gasteiger partial charge on any atom is 0.123 e. The molecule has 0 aromatic heterocycles. The molecule has 18 heavy (non-hydrogen) atoms. The van der Waals surface area contributed by atoms with E-state index in [1.807, 2.05) is 6.92 Å². The lowest BCUT2D eigenvalue weighted by Crippen LogP contribution is -2.39. The van der Waals surface area contributed by atoms with Crippen molar-refractivity contribution in [3.63, 3.8) is 0 Å². The van der Waals surface area contributed by atoms with Gasteiger partial charge in [-0.25, -0.2) is 4.39 Å². The van der Waals surface area contributed by atoms with Gasteiger partial charge in [0.25, 0.3) is 0 Å². The molecule has 0 saturated carbocycles. The molecule has 3 heteroatoms. The Morgan fingerprint density at radius 2 is 2.00 bits per heavy atom.